The molecule has 7 heteroatoms. The lowest BCUT2D eigenvalue weighted by atomic mass is 10.2. The summed E-state index contributed by atoms with van der Waals surface area (Å²) < 4.78 is 20.2. The van der Waals surface area contributed by atoms with Crippen molar-refractivity contribution in [3.63, 3.8) is 0 Å². The molecule has 112 valence electrons. The van der Waals surface area contributed by atoms with E-state index >= 15 is 0 Å². The van der Waals surface area contributed by atoms with Crippen LogP contribution in [0, 0.1) is 12.7 Å². The molecule has 0 saturated heterocycles. The van der Waals surface area contributed by atoms with E-state index in [2.05, 4.69) is 9.84 Å². The summed E-state index contributed by atoms with van der Waals surface area (Å²) in [6.07, 6.45) is 0.913. The van der Waals surface area contributed by atoms with Gasteiger partial charge >= 0.3 is 6.09 Å². The Morgan fingerprint density at radius 2 is 2.24 bits per heavy atom. The molecule has 0 bridgehead atoms. The Labute approximate surface area is 121 Å². The highest BCUT2D eigenvalue weighted by Crippen LogP contribution is 2.27. The maximum absolute atomic E-state index is 14.2. The fourth-order valence-corrected chi connectivity index (χ4v) is 2.00. The number of halogens is 1. The fourth-order valence-electron chi connectivity index (χ4n) is 2.00. The summed E-state index contributed by atoms with van der Waals surface area (Å²) in [5.41, 5.74) is 1.61. The van der Waals surface area contributed by atoms with Crippen molar-refractivity contribution in [2.45, 2.75) is 13.5 Å². The predicted octanol–water partition coefficient (Wildman–Crippen LogP) is 2.01. The van der Waals surface area contributed by atoms with Crippen LogP contribution in [-0.2, 0) is 11.3 Å². The number of hydrogen-bond acceptors (Lipinski definition) is 4. The molecule has 2 aromatic rings. The number of aliphatic hydroxyl groups excluding tert-OH is 1. The number of aryl methyl sites for hydroxylation is 1. The molecule has 0 aliphatic heterocycles. The average molecular weight is 293 g/mol. The second-order valence-corrected chi connectivity index (χ2v) is 4.48. The summed E-state index contributed by atoms with van der Waals surface area (Å²) in [5.74, 6) is -0.532. The van der Waals surface area contributed by atoms with Crippen LogP contribution < -0.4 is 4.90 Å². The normalized spacial score (nSPS) is 10.5. The number of hydrogen-bond donors (Lipinski definition) is 1. The molecule has 1 aromatic carbocycles. The second-order valence-electron chi connectivity index (χ2n) is 4.48. The first-order valence-electron chi connectivity index (χ1n) is 6.26. The highest BCUT2D eigenvalue weighted by atomic mass is 19.1. The van der Waals surface area contributed by atoms with Crippen molar-refractivity contribution in [2.24, 2.45) is 0 Å². The van der Waals surface area contributed by atoms with Crippen molar-refractivity contribution >= 4 is 11.8 Å². The smallest absolute Gasteiger partial charge is 0.413 e. The number of ether oxygens (including phenoxy) is 1. The highest BCUT2D eigenvalue weighted by Gasteiger charge is 2.20. The quantitative estimate of drug-likeness (QED) is 0.940. The van der Waals surface area contributed by atoms with Gasteiger partial charge in [-0.15, -0.1) is 0 Å². The Hall–Kier alpha value is -2.41. The summed E-state index contributed by atoms with van der Waals surface area (Å²) in [6, 6.07) is 4.36. The molecule has 0 radical (unpaired) electrons. The van der Waals surface area contributed by atoms with E-state index in [-0.39, 0.29) is 12.3 Å². The van der Waals surface area contributed by atoms with Crippen LogP contribution in [0.4, 0.5) is 14.9 Å². The lowest BCUT2D eigenvalue weighted by molar-refractivity contribution is 0.180. The van der Waals surface area contributed by atoms with Crippen LogP contribution in [0.1, 0.15) is 11.3 Å². The minimum absolute atomic E-state index is 0.119. The number of rotatable bonds is 3. The zero-order valence-electron chi connectivity index (χ0n) is 12.0. The molecule has 1 amide bonds. The molecular weight excluding hydrogens is 277 g/mol. The molecule has 0 atom stereocenters. The minimum Gasteiger partial charge on any atom is -0.452 e. The summed E-state index contributed by atoms with van der Waals surface area (Å²) in [7, 11) is 2.73. The number of amides is 1. The minimum atomic E-state index is -0.617. The lowest BCUT2D eigenvalue weighted by Crippen LogP contribution is -2.27. The van der Waals surface area contributed by atoms with Gasteiger partial charge in [0.05, 0.1) is 25.1 Å². The highest BCUT2D eigenvalue weighted by molar-refractivity contribution is 5.89. The van der Waals surface area contributed by atoms with Crippen molar-refractivity contribution < 1.29 is 19.0 Å². The van der Waals surface area contributed by atoms with Gasteiger partial charge in [-0.1, -0.05) is 6.07 Å². The van der Waals surface area contributed by atoms with Gasteiger partial charge in [-0.05, 0) is 19.1 Å². The van der Waals surface area contributed by atoms with Gasteiger partial charge in [0.1, 0.15) is 5.69 Å². The maximum atomic E-state index is 14.2. The standard InChI is InChI=1S/C14H16FN3O3/c1-9-10(8-19)7-18(16-9)13-11(15)5-4-6-12(13)17(2)14(20)21-3/h4-7,19H,8H2,1-3H3. The van der Waals surface area contributed by atoms with E-state index in [4.69, 9.17) is 0 Å². The number of nitrogens with zero attached hydrogens (tertiary/aromatic N) is 3. The van der Waals surface area contributed by atoms with Crippen LogP contribution in [0.3, 0.4) is 0 Å². The number of aliphatic hydroxyl groups is 1. The number of anilines is 1. The first-order chi connectivity index (χ1) is 9.99. The number of aromatic nitrogens is 2. The number of methoxy groups -OCH3 is 1. The Balaban J connectivity index is 2.59. The number of para-hydroxylation sites is 1. The van der Waals surface area contributed by atoms with E-state index < -0.39 is 11.9 Å². The van der Waals surface area contributed by atoms with Crippen molar-refractivity contribution in [3.8, 4) is 5.69 Å². The zero-order valence-corrected chi connectivity index (χ0v) is 12.0. The molecule has 0 saturated carbocycles. The molecule has 21 heavy (non-hydrogen) atoms. The molecule has 2 rings (SSSR count). The molecule has 1 heterocycles. The monoisotopic (exact) mass is 293 g/mol. The van der Waals surface area contributed by atoms with Gasteiger partial charge in [0, 0.05) is 18.8 Å². The summed E-state index contributed by atoms with van der Waals surface area (Å²) in [5, 5.41) is 13.4. The van der Waals surface area contributed by atoms with Gasteiger partial charge < -0.3 is 9.84 Å². The Bertz CT molecular complexity index is 669. The Morgan fingerprint density at radius 3 is 2.81 bits per heavy atom. The summed E-state index contributed by atoms with van der Waals surface area (Å²) in [4.78, 5) is 12.8. The third kappa shape index (κ3) is 2.73. The number of benzene rings is 1. The van der Waals surface area contributed by atoms with Gasteiger partial charge in [-0.3, -0.25) is 4.90 Å². The van der Waals surface area contributed by atoms with Crippen LogP contribution in [0.5, 0.6) is 0 Å². The van der Waals surface area contributed by atoms with Gasteiger partial charge in [-0.25, -0.2) is 13.9 Å². The number of carbonyl (C=O) groups excluding carboxylic acids is 1. The first kappa shape index (κ1) is 15.0. The van der Waals surface area contributed by atoms with Crippen molar-refractivity contribution in [1.82, 2.24) is 9.78 Å². The van der Waals surface area contributed by atoms with E-state index in [1.54, 1.807) is 13.0 Å². The molecule has 0 spiro atoms. The molecule has 0 unspecified atom stereocenters. The third-order valence-electron chi connectivity index (χ3n) is 3.18. The van der Waals surface area contributed by atoms with Crippen LogP contribution in [-0.4, -0.2) is 35.1 Å². The predicted molar refractivity (Wildman–Crippen MR) is 75.0 cm³/mol. The van der Waals surface area contributed by atoms with E-state index in [9.17, 15) is 14.3 Å². The molecule has 0 aliphatic rings. The maximum Gasteiger partial charge on any atom is 0.413 e. The van der Waals surface area contributed by atoms with E-state index in [1.165, 1.54) is 42.1 Å². The topological polar surface area (TPSA) is 67.6 Å². The molecule has 0 aliphatic carbocycles. The second kappa shape index (κ2) is 5.92. The number of carbonyl (C=O) groups is 1. The van der Waals surface area contributed by atoms with Crippen LogP contribution >= 0.6 is 0 Å². The molecule has 6 nitrogen and oxygen atoms in total. The van der Waals surface area contributed by atoms with E-state index in [0.717, 1.165) is 0 Å². The Kier molecular flexibility index (Phi) is 4.23. The average Bonchev–Trinajstić information content (AvgIpc) is 2.85. The Morgan fingerprint density at radius 1 is 1.52 bits per heavy atom. The molecule has 1 N–H and O–H groups in total. The van der Waals surface area contributed by atoms with Crippen molar-refractivity contribution in [1.29, 1.82) is 0 Å². The molecular formula is C14H16FN3O3. The van der Waals surface area contributed by atoms with Gasteiger partial charge in [0.15, 0.2) is 5.82 Å². The van der Waals surface area contributed by atoms with E-state index in [0.29, 0.717) is 16.9 Å². The summed E-state index contributed by atoms with van der Waals surface area (Å²) in [6.45, 7) is 1.52. The van der Waals surface area contributed by atoms with Gasteiger partial charge in [0.2, 0.25) is 0 Å². The van der Waals surface area contributed by atoms with Crippen LogP contribution in [0.25, 0.3) is 5.69 Å². The van der Waals surface area contributed by atoms with Gasteiger partial charge in [0.25, 0.3) is 0 Å². The van der Waals surface area contributed by atoms with Crippen molar-refractivity contribution in [2.75, 3.05) is 19.1 Å². The van der Waals surface area contributed by atoms with Crippen LogP contribution in [0.15, 0.2) is 24.4 Å². The third-order valence-corrected chi connectivity index (χ3v) is 3.18. The first-order valence-corrected chi connectivity index (χ1v) is 6.26. The molecule has 0 fully saturated rings. The largest absolute Gasteiger partial charge is 0.452 e. The SMILES string of the molecule is COC(=O)N(C)c1cccc(F)c1-n1cc(CO)c(C)n1. The van der Waals surface area contributed by atoms with Gasteiger partial charge in [-0.2, -0.15) is 5.10 Å². The summed E-state index contributed by atoms with van der Waals surface area (Å²) >= 11 is 0. The van der Waals surface area contributed by atoms with E-state index in [1.807, 2.05) is 0 Å². The lowest BCUT2D eigenvalue weighted by Gasteiger charge is -2.19. The fraction of sp³-hybridized carbons (Fsp3) is 0.286. The van der Waals surface area contributed by atoms with Crippen molar-refractivity contribution in [3.05, 3.63) is 41.5 Å². The zero-order chi connectivity index (χ0) is 15.6. The molecule has 1 aromatic heterocycles. The van der Waals surface area contributed by atoms with Crippen LogP contribution in [0.2, 0.25) is 0 Å².